The van der Waals surface area contributed by atoms with Crippen LogP contribution in [0, 0.1) is 6.92 Å². The van der Waals surface area contributed by atoms with Crippen molar-refractivity contribution in [3.8, 4) is 11.5 Å². The molecule has 1 heterocycles. The van der Waals surface area contributed by atoms with Gasteiger partial charge in [0.1, 0.15) is 6.04 Å². The number of nitrogens with one attached hydrogen (secondary N) is 1. The van der Waals surface area contributed by atoms with Crippen molar-refractivity contribution < 1.29 is 27.5 Å². The topological polar surface area (TPSA) is 105 Å². The fraction of sp³-hybridized carbons (Fsp3) is 0.462. The first-order valence-electron chi connectivity index (χ1n) is 12.1. The van der Waals surface area contributed by atoms with Gasteiger partial charge < -0.3 is 19.7 Å². The van der Waals surface area contributed by atoms with Crippen LogP contribution in [0.5, 0.6) is 11.5 Å². The highest BCUT2D eigenvalue weighted by molar-refractivity contribution is 7.92. The highest BCUT2D eigenvalue weighted by Gasteiger charge is 2.29. The molecule has 1 aliphatic rings. The van der Waals surface area contributed by atoms with Crippen molar-refractivity contribution in [2.24, 2.45) is 0 Å². The van der Waals surface area contributed by atoms with E-state index in [1.54, 1.807) is 23.1 Å². The number of likely N-dealkylation sites (N-methyl/N-ethyl adjacent to an activating group) is 1. The third-order valence-corrected chi connectivity index (χ3v) is 7.20. The maximum Gasteiger partial charge on any atom is 0.242 e. The van der Waals surface area contributed by atoms with Gasteiger partial charge in [-0.1, -0.05) is 36.8 Å². The zero-order valence-corrected chi connectivity index (χ0v) is 22.1. The number of rotatable bonds is 12. The Balaban J connectivity index is 1.75. The molecule has 10 heteroatoms. The Labute approximate surface area is 213 Å². The first-order chi connectivity index (χ1) is 17.1. The molecule has 2 amide bonds. The summed E-state index contributed by atoms with van der Waals surface area (Å²) in [5, 5.41) is 2.82. The van der Waals surface area contributed by atoms with Crippen LogP contribution in [0.1, 0.15) is 44.2 Å². The van der Waals surface area contributed by atoms with E-state index < -0.39 is 16.1 Å². The lowest BCUT2D eigenvalue weighted by atomic mass is 10.1. The number of hydrogen-bond acceptors (Lipinski definition) is 6. The number of ether oxygens (including phenoxy) is 2. The molecule has 1 aliphatic heterocycles. The molecular formula is C26H35N3O6S. The van der Waals surface area contributed by atoms with E-state index in [1.807, 2.05) is 45.0 Å². The fourth-order valence-corrected chi connectivity index (χ4v) is 5.10. The van der Waals surface area contributed by atoms with Gasteiger partial charge in [0.2, 0.25) is 28.6 Å². The highest BCUT2D eigenvalue weighted by Crippen LogP contribution is 2.36. The molecular weight excluding hydrogens is 482 g/mol. The van der Waals surface area contributed by atoms with Crippen molar-refractivity contribution in [3.63, 3.8) is 0 Å². The van der Waals surface area contributed by atoms with E-state index >= 15 is 0 Å². The van der Waals surface area contributed by atoms with E-state index in [4.69, 9.17) is 9.47 Å². The third kappa shape index (κ3) is 6.90. The second kappa shape index (κ2) is 12.1. The number of nitrogens with zero attached hydrogens (tertiary/aromatic N) is 2. The molecule has 196 valence electrons. The number of hydrogen-bond donors (Lipinski definition) is 1. The van der Waals surface area contributed by atoms with Crippen LogP contribution in [0.2, 0.25) is 0 Å². The number of carbonyl (C=O) groups excluding carboxylic acids is 2. The molecule has 0 bridgehead atoms. The van der Waals surface area contributed by atoms with Crippen LogP contribution >= 0.6 is 0 Å². The minimum atomic E-state index is -3.60. The van der Waals surface area contributed by atoms with Crippen LogP contribution in [0.25, 0.3) is 0 Å². The summed E-state index contributed by atoms with van der Waals surface area (Å²) in [7, 11) is -3.60. The summed E-state index contributed by atoms with van der Waals surface area (Å²) in [6.07, 6.45) is 1.98. The van der Waals surface area contributed by atoms with Gasteiger partial charge >= 0.3 is 0 Å². The first kappa shape index (κ1) is 27.3. The quantitative estimate of drug-likeness (QED) is 0.464. The maximum absolute atomic E-state index is 13.4. The summed E-state index contributed by atoms with van der Waals surface area (Å²) in [4.78, 5) is 27.7. The van der Waals surface area contributed by atoms with E-state index in [1.165, 1.54) is 4.31 Å². The molecule has 1 atom stereocenters. The molecule has 2 aromatic carbocycles. The predicted molar refractivity (Wildman–Crippen MR) is 138 cm³/mol. The van der Waals surface area contributed by atoms with E-state index in [0.717, 1.165) is 17.4 Å². The van der Waals surface area contributed by atoms with Crippen molar-refractivity contribution in [2.45, 2.75) is 52.6 Å². The Morgan fingerprint density at radius 3 is 2.39 bits per heavy atom. The lowest BCUT2D eigenvalue weighted by Gasteiger charge is -2.31. The summed E-state index contributed by atoms with van der Waals surface area (Å²) < 4.78 is 37.0. The summed E-state index contributed by atoms with van der Waals surface area (Å²) in [6.45, 7) is 6.68. The normalized spacial score (nSPS) is 13.2. The molecule has 36 heavy (non-hydrogen) atoms. The molecule has 0 unspecified atom stereocenters. The molecule has 0 radical (unpaired) electrons. The number of fused-ring (bicyclic) bond motifs is 1. The Kier molecular flexibility index (Phi) is 9.19. The van der Waals surface area contributed by atoms with Gasteiger partial charge in [-0.15, -0.1) is 0 Å². The van der Waals surface area contributed by atoms with Crippen LogP contribution in [0.3, 0.4) is 0 Å². The van der Waals surface area contributed by atoms with E-state index in [9.17, 15) is 18.0 Å². The fourth-order valence-electron chi connectivity index (χ4n) is 4.15. The van der Waals surface area contributed by atoms with Crippen molar-refractivity contribution in [1.82, 2.24) is 10.2 Å². The molecule has 0 spiro atoms. The second-order valence-electron chi connectivity index (χ2n) is 8.80. The molecule has 0 aromatic heterocycles. The monoisotopic (exact) mass is 517 g/mol. The van der Waals surface area contributed by atoms with E-state index in [-0.39, 0.29) is 38.0 Å². The second-order valence-corrected chi connectivity index (χ2v) is 10.7. The Hall–Kier alpha value is -3.27. The Bertz CT molecular complexity index is 1170. The number of aryl methyl sites for hydroxylation is 1. The minimum absolute atomic E-state index is 0.0905. The first-order valence-corrected chi connectivity index (χ1v) is 14.0. The van der Waals surface area contributed by atoms with Crippen molar-refractivity contribution >= 4 is 27.5 Å². The van der Waals surface area contributed by atoms with Gasteiger partial charge in [0.15, 0.2) is 11.5 Å². The van der Waals surface area contributed by atoms with Crippen molar-refractivity contribution in [2.75, 3.05) is 30.4 Å². The van der Waals surface area contributed by atoms with Gasteiger partial charge in [0, 0.05) is 32.1 Å². The lowest BCUT2D eigenvalue weighted by molar-refractivity contribution is -0.141. The molecule has 3 rings (SSSR count). The van der Waals surface area contributed by atoms with Crippen molar-refractivity contribution in [1.29, 1.82) is 0 Å². The number of sulfonamides is 1. The van der Waals surface area contributed by atoms with Gasteiger partial charge in [-0.2, -0.15) is 0 Å². The lowest BCUT2D eigenvalue weighted by Crippen LogP contribution is -2.49. The SMILES string of the molecule is CCNC(=O)[C@H](CC)N(Cc1ccc(C)cc1)C(=O)CCCN(c1ccc2c(c1)OCO2)S(C)(=O)=O. The molecule has 0 saturated heterocycles. The summed E-state index contributed by atoms with van der Waals surface area (Å²) in [5.41, 5.74) is 2.48. The summed E-state index contributed by atoms with van der Waals surface area (Å²) in [6, 6.07) is 12.2. The average Bonchev–Trinajstić information content (AvgIpc) is 3.30. The van der Waals surface area contributed by atoms with Gasteiger partial charge in [-0.05, 0) is 44.4 Å². The molecule has 1 N–H and O–H groups in total. The Morgan fingerprint density at radius 2 is 1.75 bits per heavy atom. The number of carbonyl (C=O) groups is 2. The molecule has 0 fully saturated rings. The van der Waals surface area contributed by atoms with Gasteiger partial charge in [-0.25, -0.2) is 8.42 Å². The zero-order valence-electron chi connectivity index (χ0n) is 21.3. The maximum atomic E-state index is 13.4. The summed E-state index contributed by atoms with van der Waals surface area (Å²) in [5.74, 6) is 0.644. The number of benzene rings is 2. The third-order valence-electron chi connectivity index (χ3n) is 6.01. The molecule has 0 saturated carbocycles. The highest BCUT2D eigenvalue weighted by atomic mass is 32.2. The smallest absolute Gasteiger partial charge is 0.242 e. The van der Waals surface area contributed by atoms with E-state index in [2.05, 4.69) is 5.32 Å². The van der Waals surface area contributed by atoms with Crippen LogP contribution in [0.15, 0.2) is 42.5 Å². The molecule has 2 aromatic rings. The van der Waals surface area contributed by atoms with Crippen LogP contribution < -0.4 is 19.1 Å². The Morgan fingerprint density at radius 1 is 1.06 bits per heavy atom. The van der Waals surface area contributed by atoms with Crippen LogP contribution in [0.4, 0.5) is 5.69 Å². The number of anilines is 1. The average molecular weight is 518 g/mol. The van der Waals surface area contributed by atoms with Crippen molar-refractivity contribution in [3.05, 3.63) is 53.6 Å². The van der Waals surface area contributed by atoms with Crippen LogP contribution in [-0.4, -0.2) is 57.3 Å². The molecule has 0 aliphatic carbocycles. The molecule has 9 nitrogen and oxygen atoms in total. The van der Waals surface area contributed by atoms with Crippen LogP contribution in [-0.2, 0) is 26.2 Å². The largest absolute Gasteiger partial charge is 0.454 e. The van der Waals surface area contributed by atoms with Gasteiger partial charge in [0.05, 0.1) is 11.9 Å². The van der Waals surface area contributed by atoms with Gasteiger partial charge in [-0.3, -0.25) is 13.9 Å². The standard InChI is InChI=1S/C26H35N3O6S/c1-5-22(26(31)27-6-2)28(17-20-11-9-19(3)10-12-20)25(30)8-7-15-29(36(4,32)33)21-13-14-23-24(16-21)35-18-34-23/h9-14,16,22H,5-8,15,17-18H2,1-4H3,(H,27,31)/t22-/m0/s1. The zero-order chi connectivity index (χ0) is 26.3. The van der Waals surface area contributed by atoms with E-state index in [0.29, 0.717) is 36.7 Å². The van der Waals surface area contributed by atoms with Gasteiger partial charge in [0.25, 0.3) is 0 Å². The minimum Gasteiger partial charge on any atom is -0.454 e. The number of amides is 2. The summed E-state index contributed by atoms with van der Waals surface area (Å²) >= 11 is 0. The predicted octanol–water partition coefficient (Wildman–Crippen LogP) is 3.21.